The zero-order chi connectivity index (χ0) is 15.0. The van der Waals surface area contributed by atoms with E-state index in [9.17, 15) is 4.79 Å². The summed E-state index contributed by atoms with van der Waals surface area (Å²) in [5.41, 5.74) is 1.09. The fourth-order valence-corrected chi connectivity index (χ4v) is 4.26. The predicted octanol–water partition coefficient (Wildman–Crippen LogP) is 3.44. The highest BCUT2D eigenvalue weighted by atomic mass is 16.5. The molecular weight excluding hydrogens is 276 g/mol. The summed E-state index contributed by atoms with van der Waals surface area (Å²) >= 11 is 0. The molecule has 3 aliphatic rings. The van der Waals surface area contributed by atoms with Crippen molar-refractivity contribution >= 4 is 11.9 Å². The number of ether oxygens (including phenoxy) is 1. The first-order chi connectivity index (χ1) is 10.8. The molecule has 0 bridgehead atoms. The Labute approximate surface area is 131 Å². The van der Waals surface area contributed by atoms with E-state index in [0.717, 1.165) is 12.1 Å². The van der Waals surface area contributed by atoms with Gasteiger partial charge in [0.05, 0.1) is 0 Å². The molecule has 0 unspecified atom stereocenters. The lowest BCUT2D eigenvalue weighted by molar-refractivity contribution is -0.123. The second kappa shape index (κ2) is 5.41. The zero-order valence-corrected chi connectivity index (χ0v) is 12.8. The van der Waals surface area contributed by atoms with Crippen molar-refractivity contribution in [1.82, 2.24) is 4.90 Å². The Morgan fingerprint density at radius 1 is 1.05 bits per heavy atom. The molecule has 2 fully saturated rings. The number of rotatable bonds is 1. The van der Waals surface area contributed by atoms with Gasteiger partial charge in [0.2, 0.25) is 6.10 Å². The number of amidine groups is 1. The van der Waals surface area contributed by atoms with Gasteiger partial charge >= 0.3 is 0 Å². The molecule has 2 heterocycles. The smallest absolute Gasteiger partial charge is 0.296 e. The van der Waals surface area contributed by atoms with Crippen molar-refractivity contribution in [2.45, 2.75) is 56.6 Å². The third kappa shape index (κ3) is 2.21. The number of hydrogen-bond donors (Lipinski definition) is 0. The maximum atomic E-state index is 12.3. The van der Waals surface area contributed by atoms with E-state index in [1.807, 2.05) is 30.3 Å². The van der Waals surface area contributed by atoms with E-state index in [1.54, 1.807) is 0 Å². The van der Waals surface area contributed by atoms with Crippen LogP contribution in [-0.2, 0) is 9.53 Å². The van der Waals surface area contributed by atoms with Crippen molar-refractivity contribution in [3.05, 3.63) is 35.9 Å². The van der Waals surface area contributed by atoms with Crippen molar-refractivity contribution < 1.29 is 9.53 Å². The number of hydrogen-bond acceptors (Lipinski definition) is 3. The molecule has 1 aromatic carbocycles. The third-order valence-corrected chi connectivity index (χ3v) is 5.37. The van der Waals surface area contributed by atoms with Crippen molar-refractivity contribution in [3.8, 4) is 0 Å². The fourth-order valence-electron chi connectivity index (χ4n) is 4.26. The average molecular weight is 298 g/mol. The van der Waals surface area contributed by atoms with Gasteiger partial charge in [0, 0.05) is 17.6 Å². The predicted molar refractivity (Wildman–Crippen MR) is 84.5 cm³/mol. The summed E-state index contributed by atoms with van der Waals surface area (Å²) in [6.07, 6.45) is 8.12. The van der Waals surface area contributed by atoms with E-state index in [2.05, 4.69) is 9.89 Å². The zero-order valence-electron chi connectivity index (χ0n) is 12.8. The molecule has 116 valence electrons. The van der Waals surface area contributed by atoms with Gasteiger partial charge in [-0.25, -0.2) is 0 Å². The maximum Gasteiger partial charge on any atom is 0.296 e. The molecule has 1 spiro atoms. The molecular formula is C18H22N2O2. The second-order valence-electron chi connectivity index (χ2n) is 6.68. The van der Waals surface area contributed by atoms with Crippen LogP contribution in [0.5, 0.6) is 0 Å². The number of benzene rings is 1. The van der Waals surface area contributed by atoms with E-state index in [4.69, 9.17) is 4.74 Å². The number of nitrogens with zero attached hydrogens (tertiary/aromatic N) is 2. The molecule has 0 radical (unpaired) electrons. The first-order valence-corrected chi connectivity index (χ1v) is 8.40. The summed E-state index contributed by atoms with van der Waals surface area (Å²) in [6.45, 7) is 0.966. The molecule has 4 heteroatoms. The largest absolute Gasteiger partial charge is 0.446 e. The third-order valence-electron chi connectivity index (χ3n) is 5.37. The van der Waals surface area contributed by atoms with Crippen LogP contribution >= 0.6 is 0 Å². The Bertz CT molecular complexity index is 590. The van der Waals surface area contributed by atoms with Crippen LogP contribution in [0.1, 0.15) is 56.6 Å². The number of aliphatic imine (C=N–C) groups is 1. The number of carbonyl (C=O) groups is 1. The van der Waals surface area contributed by atoms with Crippen molar-refractivity contribution in [2.75, 3.05) is 6.54 Å². The Balaban J connectivity index is 1.56. The van der Waals surface area contributed by atoms with Crippen LogP contribution in [0.2, 0.25) is 0 Å². The number of amides is 1. The maximum absolute atomic E-state index is 12.3. The molecule has 22 heavy (non-hydrogen) atoms. The molecule has 1 saturated heterocycles. The van der Waals surface area contributed by atoms with Gasteiger partial charge in [-0.15, -0.1) is 0 Å². The van der Waals surface area contributed by atoms with E-state index in [-0.39, 0.29) is 11.4 Å². The lowest BCUT2D eigenvalue weighted by Crippen LogP contribution is -2.48. The summed E-state index contributed by atoms with van der Waals surface area (Å²) < 4.78 is 6.00. The lowest BCUT2D eigenvalue weighted by Gasteiger charge is -2.41. The Kier molecular flexibility index (Phi) is 3.40. The van der Waals surface area contributed by atoms with Gasteiger partial charge in [-0.3, -0.25) is 4.79 Å². The van der Waals surface area contributed by atoms with Crippen LogP contribution in [0, 0.1) is 0 Å². The van der Waals surface area contributed by atoms with Gasteiger partial charge in [-0.05, 0) is 25.7 Å². The first-order valence-electron chi connectivity index (χ1n) is 8.40. The Morgan fingerprint density at radius 3 is 2.55 bits per heavy atom. The first kappa shape index (κ1) is 13.8. The van der Waals surface area contributed by atoms with E-state index in [1.165, 1.54) is 44.9 Å². The molecule has 1 aliphatic carbocycles. The molecule has 1 aromatic rings. The minimum absolute atomic E-state index is 0.168. The van der Waals surface area contributed by atoms with Gasteiger partial charge in [0.1, 0.15) is 0 Å². The van der Waals surface area contributed by atoms with Gasteiger partial charge in [0.15, 0.2) is 0 Å². The molecule has 2 aliphatic heterocycles. The highest BCUT2D eigenvalue weighted by molar-refractivity contribution is 5.99. The summed E-state index contributed by atoms with van der Waals surface area (Å²) in [4.78, 5) is 18.8. The van der Waals surface area contributed by atoms with Crippen molar-refractivity contribution in [1.29, 1.82) is 0 Å². The summed E-state index contributed by atoms with van der Waals surface area (Å²) in [7, 11) is 0. The second-order valence-corrected chi connectivity index (χ2v) is 6.68. The number of carbonyl (C=O) groups excluding carboxylic acids is 1. The fraction of sp³-hybridized carbons (Fsp3) is 0.556. The molecule has 1 saturated carbocycles. The van der Waals surface area contributed by atoms with E-state index in [0.29, 0.717) is 6.02 Å². The van der Waals surface area contributed by atoms with Gasteiger partial charge in [-0.1, -0.05) is 49.6 Å². The molecule has 4 nitrogen and oxygen atoms in total. The highest BCUT2D eigenvalue weighted by Gasteiger charge is 2.46. The molecule has 1 amide bonds. The lowest BCUT2D eigenvalue weighted by atomic mass is 9.80. The molecule has 1 atom stereocenters. The van der Waals surface area contributed by atoms with Gasteiger partial charge in [0.25, 0.3) is 11.9 Å². The van der Waals surface area contributed by atoms with Crippen LogP contribution < -0.4 is 0 Å². The van der Waals surface area contributed by atoms with Gasteiger partial charge in [-0.2, -0.15) is 4.99 Å². The summed E-state index contributed by atoms with van der Waals surface area (Å²) in [5.74, 6) is -0.168. The monoisotopic (exact) mass is 298 g/mol. The van der Waals surface area contributed by atoms with Crippen molar-refractivity contribution in [3.63, 3.8) is 0 Å². The van der Waals surface area contributed by atoms with Crippen LogP contribution in [0.3, 0.4) is 0 Å². The standard InChI is InChI=1S/C18H22N2O2/c21-16-15(14-8-3-1-4-9-14)22-17(19-16)20-13-7-12-18(20)10-5-2-6-11-18/h1,3-4,8-9,15H,2,5-7,10-13H2/t15-/m0/s1. The van der Waals surface area contributed by atoms with Crippen LogP contribution in [0.4, 0.5) is 0 Å². The van der Waals surface area contributed by atoms with Crippen LogP contribution in [-0.4, -0.2) is 28.9 Å². The van der Waals surface area contributed by atoms with Crippen LogP contribution in [0.15, 0.2) is 35.3 Å². The molecule has 4 rings (SSSR count). The highest BCUT2D eigenvalue weighted by Crippen LogP contribution is 2.43. The summed E-state index contributed by atoms with van der Waals surface area (Å²) in [6, 6.07) is 10.2. The topological polar surface area (TPSA) is 41.9 Å². The minimum atomic E-state index is -0.558. The van der Waals surface area contributed by atoms with Crippen LogP contribution in [0.25, 0.3) is 0 Å². The van der Waals surface area contributed by atoms with E-state index < -0.39 is 6.10 Å². The van der Waals surface area contributed by atoms with Gasteiger partial charge < -0.3 is 9.64 Å². The van der Waals surface area contributed by atoms with Crippen molar-refractivity contribution in [2.24, 2.45) is 4.99 Å². The normalized spacial score (nSPS) is 27.1. The summed E-state index contributed by atoms with van der Waals surface area (Å²) in [5, 5.41) is 0. The quantitative estimate of drug-likeness (QED) is 0.797. The minimum Gasteiger partial charge on any atom is -0.446 e. The molecule has 0 aromatic heterocycles. The number of likely N-dealkylation sites (tertiary alicyclic amines) is 1. The Hall–Kier alpha value is -1.84. The SMILES string of the molecule is O=C1N=C(N2CCCC23CCCCC3)O[C@H]1c1ccccc1. The van der Waals surface area contributed by atoms with E-state index >= 15 is 0 Å². The molecule has 0 N–H and O–H groups in total. The average Bonchev–Trinajstić information content (AvgIpc) is 3.13. The Morgan fingerprint density at radius 2 is 1.77 bits per heavy atom.